The van der Waals surface area contributed by atoms with Crippen LogP contribution in [0.1, 0.15) is 22.4 Å². The number of benzene rings is 2. The van der Waals surface area contributed by atoms with Crippen molar-refractivity contribution in [3.8, 4) is 17.1 Å². The van der Waals surface area contributed by atoms with Gasteiger partial charge in [0.1, 0.15) is 12.3 Å². The summed E-state index contributed by atoms with van der Waals surface area (Å²) in [4.78, 5) is 2.94. The van der Waals surface area contributed by atoms with Crippen LogP contribution >= 0.6 is 0 Å². The summed E-state index contributed by atoms with van der Waals surface area (Å²) in [5.74, 6) is -0.300. The van der Waals surface area contributed by atoms with Crippen molar-refractivity contribution in [2.45, 2.75) is 27.4 Å². The topological polar surface area (TPSA) is 70.7 Å². The van der Waals surface area contributed by atoms with Crippen molar-refractivity contribution in [1.82, 2.24) is 30.0 Å². The van der Waals surface area contributed by atoms with E-state index in [-0.39, 0.29) is 12.4 Å². The average molecular weight is 378 g/mol. The van der Waals surface area contributed by atoms with Gasteiger partial charge >= 0.3 is 0 Å². The minimum atomic E-state index is -0.447. The van der Waals surface area contributed by atoms with Crippen molar-refractivity contribution < 1.29 is 9.13 Å². The summed E-state index contributed by atoms with van der Waals surface area (Å²) in [5.41, 5.74) is 4.68. The molecule has 0 saturated carbocycles. The zero-order valence-corrected chi connectivity index (χ0v) is 15.8. The highest BCUT2D eigenvalue weighted by atomic mass is 19.1. The highest BCUT2D eigenvalue weighted by Gasteiger charge is 2.14. The van der Waals surface area contributed by atoms with Crippen LogP contribution in [0.5, 0.6) is 5.75 Å². The zero-order valence-electron chi connectivity index (χ0n) is 15.8. The van der Waals surface area contributed by atoms with Crippen molar-refractivity contribution in [1.29, 1.82) is 0 Å². The maximum atomic E-state index is 14.7. The molecule has 7 nitrogen and oxygen atoms in total. The molecule has 8 heteroatoms. The largest absolute Gasteiger partial charge is 0.484 e. The molecule has 0 unspecified atom stereocenters. The van der Waals surface area contributed by atoms with Gasteiger partial charge in [-0.1, -0.05) is 12.1 Å². The summed E-state index contributed by atoms with van der Waals surface area (Å²) in [6, 6.07) is 9.38. The third kappa shape index (κ3) is 3.36. The second kappa shape index (κ2) is 7.22. The van der Waals surface area contributed by atoms with Gasteiger partial charge in [-0.15, -0.1) is 5.10 Å². The molecule has 2 heterocycles. The quantitative estimate of drug-likeness (QED) is 0.532. The molecule has 0 N–H and O–H groups in total. The summed E-state index contributed by atoms with van der Waals surface area (Å²) in [6.07, 6.45) is 4.70. The van der Waals surface area contributed by atoms with Crippen LogP contribution in [0.4, 0.5) is 4.39 Å². The molecule has 0 spiro atoms. The predicted octanol–water partition coefficient (Wildman–Crippen LogP) is 3.49. The molecule has 0 aliphatic heterocycles. The van der Waals surface area contributed by atoms with Gasteiger partial charge in [0, 0.05) is 5.56 Å². The van der Waals surface area contributed by atoms with Crippen LogP contribution in [0.15, 0.2) is 48.9 Å². The number of aromatic nitrogens is 6. The van der Waals surface area contributed by atoms with Gasteiger partial charge in [0.15, 0.2) is 11.6 Å². The van der Waals surface area contributed by atoms with Crippen molar-refractivity contribution >= 4 is 0 Å². The molecule has 2 aromatic heterocycles. The lowest BCUT2D eigenvalue weighted by atomic mass is 10.1. The Bertz CT molecular complexity index is 1120. The third-order valence-electron chi connectivity index (χ3n) is 4.45. The Hall–Kier alpha value is -3.55. The molecule has 0 aliphatic carbocycles. The SMILES string of the molecule is Cc1ccc(C)c(-n2ncc(COc3ccc(-n4nccn4)c(C)c3F)n2)c1. The van der Waals surface area contributed by atoms with E-state index >= 15 is 0 Å². The number of rotatable bonds is 5. The van der Waals surface area contributed by atoms with Crippen molar-refractivity contribution in [2.24, 2.45) is 0 Å². The van der Waals surface area contributed by atoms with Crippen LogP contribution in [-0.4, -0.2) is 30.0 Å². The molecule has 142 valence electrons. The maximum Gasteiger partial charge on any atom is 0.170 e. The molecule has 4 aromatic rings. The van der Waals surface area contributed by atoms with Crippen LogP contribution in [0.2, 0.25) is 0 Å². The number of halogens is 1. The van der Waals surface area contributed by atoms with Crippen molar-refractivity contribution in [3.63, 3.8) is 0 Å². The van der Waals surface area contributed by atoms with Crippen LogP contribution in [0.3, 0.4) is 0 Å². The first-order valence-corrected chi connectivity index (χ1v) is 8.80. The number of hydrogen-bond donors (Lipinski definition) is 0. The average Bonchev–Trinajstić information content (AvgIpc) is 3.37. The summed E-state index contributed by atoms with van der Waals surface area (Å²) in [7, 11) is 0. The van der Waals surface area contributed by atoms with E-state index < -0.39 is 5.82 Å². The lowest BCUT2D eigenvalue weighted by molar-refractivity contribution is 0.284. The van der Waals surface area contributed by atoms with Gasteiger partial charge in [-0.2, -0.15) is 24.9 Å². The summed E-state index contributed by atoms with van der Waals surface area (Å²) >= 11 is 0. The van der Waals surface area contributed by atoms with E-state index in [4.69, 9.17) is 4.74 Å². The second-order valence-electron chi connectivity index (χ2n) is 6.54. The molecule has 0 saturated heterocycles. The number of nitrogens with zero attached hydrogens (tertiary/aromatic N) is 6. The van der Waals surface area contributed by atoms with Gasteiger partial charge < -0.3 is 4.74 Å². The first-order valence-electron chi connectivity index (χ1n) is 8.80. The monoisotopic (exact) mass is 378 g/mol. The fourth-order valence-corrected chi connectivity index (χ4v) is 2.88. The number of hydrogen-bond acceptors (Lipinski definition) is 5. The van der Waals surface area contributed by atoms with Crippen LogP contribution in [0.25, 0.3) is 11.4 Å². The summed E-state index contributed by atoms with van der Waals surface area (Å²) in [5, 5.41) is 16.8. The summed E-state index contributed by atoms with van der Waals surface area (Å²) < 4.78 is 20.3. The normalized spacial score (nSPS) is 11.0. The minimum absolute atomic E-state index is 0.112. The van der Waals surface area contributed by atoms with E-state index in [9.17, 15) is 4.39 Å². The second-order valence-corrected chi connectivity index (χ2v) is 6.54. The van der Waals surface area contributed by atoms with Gasteiger partial charge in [-0.3, -0.25) is 0 Å². The van der Waals surface area contributed by atoms with Gasteiger partial charge in [-0.05, 0) is 50.1 Å². The standard InChI is InChI=1S/C20H19FN6O/c1-13-4-5-14(2)18(10-13)27-24-11-16(25-27)12-28-19-7-6-17(15(3)20(19)21)26-22-8-9-23-26/h4-11H,12H2,1-3H3. The van der Waals surface area contributed by atoms with Crippen LogP contribution in [-0.2, 0) is 6.61 Å². The van der Waals surface area contributed by atoms with E-state index in [1.807, 2.05) is 32.0 Å². The van der Waals surface area contributed by atoms with Crippen LogP contribution < -0.4 is 4.74 Å². The van der Waals surface area contributed by atoms with E-state index in [2.05, 4.69) is 20.4 Å². The number of ether oxygens (including phenoxy) is 1. The molecule has 0 radical (unpaired) electrons. The van der Waals surface area contributed by atoms with Gasteiger partial charge in [0.2, 0.25) is 0 Å². The smallest absolute Gasteiger partial charge is 0.170 e. The van der Waals surface area contributed by atoms with E-state index in [0.29, 0.717) is 16.9 Å². The first kappa shape index (κ1) is 17.8. The molecule has 0 atom stereocenters. The summed E-state index contributed by atoms with van der Waals surface area (Å²) in [6.45, 7) is 5.80. The number of aryl methyl sites for hydroxylation is 2. The van der Waals surface area contributed by atoms with Crippen molar-refractivity contribution in [2.75, 3.05) is 0 Å². The van der Waals surface area contributed by atoms with Gasteiger partial charge in [-0.25, -0.2) is 4.39 Å². The minimum Gasteiger partial charge on any atom is -0.484 e. The molecule has 2 aromatic carbocycles. The highest BCUT2D eigenvalue weighted by Crippen LogP contribution is 2.25. The Morgan fingerprint density at radius 2 is 1.71 bits per heavy atom. The zero-order chi connectivity index (χ0) is 19.7. The molecular weight excluding hydrogens is 359 g/mol. The Balaban J connectivity index is 1.52. The predicted molar refractivity (Wildman–Crippen MR) is 101 cm³/mol. The molecule has 28 heavy (non-hydrogen) atoms. The third-order valence-corrected chi connectivity index (χ3v) is 4.45. The van der Waals surface area contributed by atoms with Crippen molar-refractivity contribution in [3.05, 3.63) is 77.1 Å². The molecule has 0 aliphatic rings. The molecule has 0 fully saturated rings. The van der Waals surface area contributed by atoms with Gasteiger partial charge in [0.25, 0.3) is 0 Å². The molecular formula is C20H19FN6O. The Morgan fingerprint density at radius 3 is 2.50 bits per heavy atom. The highest BCUT2D eigenvalue weighted by molar-refractivity contribution is 5.45. The van der Waals surface area contributed by atoms with E-state index in [0.717, 1.165) is 16.8 Å². The fourth-order valence-electron chi connectivity index (χ4n) is 2.88. The van der Waals surface area contributed by atoms with E-state index in [1.54, 1.807) is 42.4 Å². The van der Waals surface area contributed by atoms with Gasteiger partial charge in [0.05, 0.1) is 30.0 Å². The van der Waals surface area contributed by atoms with Crippen LogP contribution in [0, 0.1) is 26.6 Å². The maximum absolute atomic E-state index is 14.7. The molecule has 0 bridgehead atoms. The Labute approximate surface area is 161 Å². The Morgan fingerprint density at radius 1 is 0.929 bits per heavy atom. The fraction of sp³-hybridized carbons (Fsp3) is 0.200. The Kier molecular flexibility index (Phi) is 4.60. The first-order chi connectivity index (χ1) is 13.5. The lowest BCUT2D eigenvalue weighted by Gasteiger charge is -2.10. The molecule has 4 rings (SSSR count). The molecule has 0 amide bonds. The van der Waals surface area contributed by atoms with E-state index in [1.165, 1.54) is 4.80 Å². The lowest BCUT2D eigenvalue weighted by Crippen LogP contribution is -2.06.